The van der Waals surface area contributed by atoms with Crippen LogP contribution in [0.2, 0.25) is 0 Å². The smallest absolute Gasteiger partial charge is 0.116 e. The first-order valence-electron chi connectivity index (χ1n) is 5.63. The Bertz CT molecular complexity index is 402. The topological polar surface area (TPSA) is 20.2 Å². The number of hydrogen-bond acceptors (Lipinski definition) is 1. The molecule has 1 N–H and O–H groups in total. The molecule has 0 radical (unpaired) electrons. The highest BCUT2D eigenvalue weighted by Gasteiger charge is 2.18. The monoisotopic (exact) mass is 202 g/mol. The maximum absolute atomic E-state index is 9.67. The molecule has 1 aliphatic carbocycles. The van der Waals surface area contributed by atoms with Gasteiger partial charge in [-0.15, -0.1) is 0 Å². The van der Waals surface area contributed by atoms with Crippen LogP contribution < -0.4 is 0 Å². The maximum atomic E-state index is 9.67. The second kappa shape index (κ2) is 3.73. The van der Waals surface area contributed by atoms with E-state index in [1.54, 1.807) is 0 Å². The first-order chi connectivity index (χ1) is 7.09. The zero-order chi connectivity index (χ0) is 11.0. The summed E-state index contributed by atoms with van der Waals surface area (Å²) in [5, 5.41) is 9.67. The highest BCUT2D eigenvalue weighted by Crippen LogP contribution is 2.37. The largest absolute Gasteiger partial charge is 0.508 e. The summed E-state index contributed by atoms with van der Waals surface area (Å²) in [6.45, 7) is 8.47. The predicted molar refractivity (Wildman–Crippen MR) is 64.2 cm³/mol. The second-order valence-corrected chi connectivity index (χ2v) is 4.68. The summed E-state index contributed by atoms with van der Waals surface area (Å²) in [5.41, 5.74) is 5.07. The van der Waals surface area contributed by atoms with E-state index in [0.29, 0.717) is 11.7 Å². The predicted octanol–water partition coefficient (Wildman–Crippen LogP) is 3.87. The maximum Gasteiger partial charge on any atom is 0.116 e. The van der Waals surface area contributed by atoms with Crippen molar-refractivity contribution in [2.45, 2.75) is 39.0 Å². The number of allylic oxidation sites excluding steroid dienone is 1. The van der Waals surface area contributed by atoms with E-state index in [9.17, 15) is 5.11 Å². The number of fused-ring (bicyclic) bond motifs is 1. The molecule has 0 saturated heterocycles. The van der Waals surface area contributed by atoms with E-state index in [1.165, 1.54) is 22.3 Å². The van der Waals surface area contributed by atoms with Crippen LogP contribution in [0, 0.1) is 0 Å². The summed E-state index contributed by atoms with van der Waals surface area (Å²) >= 11 is 0. The molecule has 0 bridgehead atoms. The number of rotatable bonds is 1. The lowest BCUT2D eigenvalue weighted by atomic mass is 9.82. The van der Waals surface area contributed by atoms with Gasteiger partial charge in [0.2, 0.25) is 0 Å². The van der Waals surface area contributed by atoms with E-state index in [4.69, 9.17) is 0 Å². The number of hydrogen-bond donors (Lipinski definition) is 1. The first kappa shape index (κ1) is 10.3. The Morgan fingerprint density at radius 1 is 1.27 bits per heavy atom. The van der Waals surface area contributed by atoms with Gasteiger partial charge in [0.05, 0.1) is 0 Å². The molecule has 0 saturated carbocycles. The third-order valence-corrected chi connectivity index (χ3v) is 3.14. The molecule has 1 aliphatic rings. The van der Waals surface area contributed by atoms with Crippen molar-refractivity contribution >= 4 is 5.57 Å². The summed E-state index contributed by atoms with van der Waals surface area (Å²) < 4.78 is 0. The van der Waals surface area contributed by atoms with Gasteiger partial charge in [0.1, 0.15) is 5.75 Å². The molecule has 2 rings (SSSR count). The lowest BCUT2D eigenvalue weighted by Crippen LogP contribution is -2.06. The van der Waals surface area contributed by atoms with E-state index in [1.807, 2.05) is 12.1 Å². The molecule has 0 unspecified atom stereocenters. The fraction of sp³-hybridized carbons (Fsp3) is 0.429. The summed E-state index contributed by atoms with van der Waals surface area (Å²) in [6, 6.07) is 3.78. The number of benzene rings is 1. The minimum absolute atomic E-state index is 0.396. The summed E-state index contributed by atoms with van der Waals surface area (Å²) in [7, 11) is 0. The van der Waals surface area contributed by atoms with Gasteiger partial charge in [0.25, 0.3) is 0 Å². The Hall–Kier alpha value is -1.24. The molecule has 0 amide bonds. The molecule has 80 valence electrons. The minimum atomic E-state index is 0.396. The normalized spacial score (nSPS) is 15.5. The molecule has 0 fully saturated rings. The summed E-state index contributed by atoms with van der Waals surface area (Å²) in [6.07, 6.45) is 3.33. The van der Waals surface area contributed by atoms with E-state index < -0.39 is 0 Å². The molecule has 1 heteroatoms. The highest BCUT2D eigenvalue weighted by molar-refractivity contribution is 5.72. The van der Waals surface area contributed by atoms with Crippen LogP contribution in [0.25, 0.3) is 5.57 Å². The van der Waals surface area contributed by atoms with Crippen LogP contribution in [0.3, 0.4) is 0 Å². The highest BCUT2D eigenvalue weighted by atomic mass is 16.3. The average Bonchev–Trinajstić information content (AvgIpc) is 2.16. The Kier molecular flexibility index (Phi) is 2.56. The van der Waals surface area contributed by atoms with Gasteiger partial charge in [-0.05, 0) is 59.6 Å². The first-order valence-corrected chi connectivity index (χ1v) is 5.63. The van der Waals surface area contributed by atoms with Gasteiger partial charge in [-0.25, -0.2) is 0 Å². The summed E-state index contributed by atoms with van der Waals surface area (Å²) in [5.74, 6) is 0.841. The Labute approximate surface area is 91.4 Å². The Balaban J connectivity index is 2.63. The van der Waals surface area contributed by atoms with Crippen molar-refractivity contribution in [3.05, 3.63) is 35.4 Å². The van der Waals surface area contributed by atoms with Gasteiger partial charge >= 0.3 is 0 Å². The van der Waals surface area contributed by atoms with E-state index in [-0.39, 0.29) is 0 Å². The summed E-state index contributed by atoms with van der Waals surface area (Å²) in [4.78, 5) is 0. The molecular weight excluding hydrogens is 184 g/mol. The average molecular weight is 202 g/mol. The van der Waals surface area contributed by atoms with Crippen molar-refractivity contribution in [3.63, 3.8) is 0 Å². The van der Waals surface area contributed by atoms with Gasteiger partial charge in [0, 0.05) is 0 Å². The van der Waals surface area contributed by atoms with E-state index >= 15 is 0 Å². The Morgan fingerprint density at radius 3 is 2.67 bits per heavy atom. The van der Waals surface area contributed by atoms with Crippen molar-refractivity contribution in [2.75, 3.05) is 0 Å². The van der Waals surface area contributed by atoms with Gasteiger partial charge in [0.15, 0.2) is 0 Å². The second-order valence-electron chi connectivity index (χ2n) is 4.68. The number of phenolic OH excluding ortho intramolecular Hbond substituents is 1. The SMILES string of the molecule is C=C1CCCc2cc(O)cc(C(C)C)c21. The fourth-order valence-electron chi connectivity index (χ4n) is 2.41. The van der Waals surface area contributed by atoms with Crippen molar-refractivity contribution in [3.8, 4) is 5.75 Å². The van der Waals surface area contributed by atoms with E-state index in [0.717, 1.165) is 19.3 Å². The molecule has 0 atom stereocenters. The standard InChI is InChI=1S/C14H18O/c1-9(2)13-8-12(15)7-11-6-4-5-10(3)14(11)13/h7-9,15H,3-6H2,1-2H3. The molecule has 0 aliphatic heterocycles. The number of phenols is 1. The number of aromatic hydroxyl groups is 1. The molecule has 15 heavy (non-hydrogen) atoms. The lowest BCUT2D eigenvalue weighted by molar-refractivity contribution is 0.472. The van der Waals surface area contributed by atoms with E-state index in [2.05, 4.69) is 20.4 Å². The Morgan fingerprint density at radius 2 is 2.00 bits per heavy atom. The van der Waals surface area contributed by atoms with Gasteiger partial charge in [-0.3, -0.25) is 0 Å². The molecule has 1 nitrogen and oxygen atoms in total. The third kappa shape index (κ3) is 1.79. The third-order valence-electron chi connectivity index (χ3n) is 3.14. The fourth-order valence-corrected chi connectivity index (χ4v) is 2.41. The van der Waals surface area contributed by atoms with Crippen LogP contribution >= 0.6 is 0 Å². The van der Waals surface area contributed by atoms with Crippen LogP contribution in [0.15, 0.2) is 18.7 Å². The van der Waals surface area contributed by atoms with Crippen LogP contribution in [0.4, 0.5) is 0 Å². The van der Waals surface area contributed by atoms with Crippen molar-refractivity contribution in [2.24, 2.45) is 0 Å². The molecule has 0 aromatic heterocycles. The van der Waals surface area contributed by atoms with Crippen molar-refractivity contribution in [1.29, 1.82) is 0 Å². The van der Waals surface area contributed by atoms with Gasteiger partial charge in [-0.2, -0.15) is 0 Å². The zero-order valence-corrected chi connectivity index (χ0v) is 9.51. The minimum Gasteiger partial charge on any atom is -0.508 e. The molecule has 1 aromatic rings. The molecule has 0 heterocycles. The molecule has 0 spiro atoms. The quantitative estimate of drug-likeness (QED) is 0.733. The van der Waals surface area contributed by atoms with Crippen LogP contribution in [-0.2, 0) is 6.42 Å². The lowest BCUT2D eigenvalue weighted by Gasteiger charge is -2.23. The number of aryl methyl sites for hydroxylation is 1. The van der Waals surface area contributed by atoms with Crippen LogP contribution in [-0.4, -0.2) is 5.11 Å². The molecular formula is C14H18O. The zero-order valence-electron chi connectivity index (χ0n) is 9.51. The van der Waals surface area contributed by atoms with Gasteiger partial charge in [-0.1, -0.05) is 20.4 Å². The van der Waals surface area contributed by atoms with Crippen molar-refractivity contribution in [1.82, 2.24) is 0 Å². The van der Waals surface area contributed by atoms with Crippen LogP contribution in [0.1, 0.15) is 49.3 Å². The van der Waals surface area contributed by atoms with Crippen molar-refractivity contribution < 1.29 is 5.11 Å². The molecule has 1 aromatic carbocycles. The van der Waals surface area contributed by atoms with Crippen LogP contribution in [0.5, 0.6) is 5.75 Å². The van der Waals surface area contributed by atoms with Gasteiger partial charge < -0.3 is 5.11 Å².